The Kier molecular flexibility index (Phi) is 6.76. The summed E-state index contributed by atoms with van der Waals surface area (Å²) < 4.78 is 2.23. The second-order valence-electron chi connectivity index (χ2n) is 16.8. The Morgan fingerprint density at radius 1 is 0.290 bits per heavy atom. The van der Waals surface area contributed by atoms with Crippen LogP contribution < -0.4 is 0 Å². The predicted octanol–water partition coefficient (Wildman–Crippen LogP) is 14.7. The lowest BCUT2D eigenvalue weighted by Gasteiger charge is -2.31. The molecule has 2 heterocycles. The minimum absolute atomic E-state index is 0.494. The quantitative estimate of drug-likeness (QED) is 0.167. The zero-order chi connectivity index (χ0) is 40.5. The molecule has 0 bridgehead atoms. The fraction of sp³-hybridized carbons (Fsp3) is 0.0169. The maximum atomic E-state index is 5.49. The van der Waals surface area contributed by atoms with Crippen molar-refractivity contribution < 1.29 is 0 Å². The summed E-state index contributed by atoms with van der Waals surface area (Å²) in [5, 5.41) is 10.0. The largest absolute Gasteiger partial charge is 0.278 e. The Bertz CT molecular complexity index is 3780. The first-order valence-corrected chi connectivity index (χ1v) is 21.4. The Balaban J connectivity index is 1.09. The number of aromatic nitrogens is 3. The smallest absolute Gasteiger partial charge is 0.235 e. The van der Waals surface area contributed by atoms with E-state index in [1.807, 2.05) is 0 Å². The predicted molar refractivity (Wildman–Crippen MR) is 256 cm³/mol. The lowest BCUT2D eigenvalue weighted by atomic mass is 9.70. The molecule has 2 aromatic heterocycles. The normalized spacial score (nSPS) is 13.3. The highest BCUT2D eigenvalue weighted by Crippen LogP contribution is 2.64. The molecule has 0 radical (unpaired) electrons. The average molecular weight is 786 g/mol. The third kappa shape index (κ3) is 4.39. The molecule has 12 aromatic rings. The van der Waals surface area contributed by atoms with Gasteiger partial charge < -0.3 is 0 Å². The average Bonchev–Trinajstić information content (AvgIpc) is 3.95. The van der Waals surface area contributed by atoms with Crippen LogP contribution in [0, 0.1) is 0 Å². The van der Waals surface area contributed by atoms with E-state index in [1.54, 1.807) is 0 Å². The molecule has 14 rings (SSSR count). The molecule has 62 heavy (non-hydrogen) atoms. The van der Waals surface area contributed by atoms with Crippen LogP contribution in [0.1, 0.15) is 22.3 Å². The Morgan fingerprint density at radius 2 is 0.742 bits per heavy atom. The van der Waals surface area contributed by atoms with Crippen molar-refractivity contribution in [2.75, 3.05) is 0 Å². The summed E-state index contributed by atoms with van der Waals surface area (Å²) in [5.41, 5.74) is 15.9. The van der Waals surface area contributed by atoms with Crippen molar-refractivity contribution in [3.63, 3.8) is 0 Å². The van der Waals surface area contributed by atoms with Crippen LogP contribution in [0.4, 0.5) is 0 Å². The molecule has 0 saturated carbocycles. The van der Waals surface area contributed by atoms with Crippen LogP contribution >= 0.6 is 0 Å². The van der Waals surface area contributed by atoms with Gasteiger partial charge in [0.05, 0.1) is 27.8 Å². The van der Waals surface area contributed by atoms with Crippen LogP contribution in [0.3, 0.4) is 0 Å². The Hall–Kier alpha value is -8.14. The molecular weight excluding hydrogens is 751 g/mol. The van der Waals surface area contributed by atoms with Gasteiger partial charge in [0, 0.05) is 21.9 Å². The molecule has 3 heteroatoms. The highest BCUT2D eigenvalue weighted by Gasteiger charge is 2.51. The summed E-state index contributed by atoms with van der Waals surface area (Å²) in [4.78, 5) is 10.8. The summed E-state index contributed by atoms with van der Waals surface area (Å²) in [7, 11) is 0. The Morgan fingerprint density at radius 3 is 1.35 bits per heavy atom. The van der Waals surface area contributed by atoms with Crippen LogP contribution in [-0.4, -0.2) is 14.5 Å². The van der Waals surface area contributed by atoms with Gasteiger partial charge in [0.15, 0.2) is 0 Å². The van der Waals surface area contributed by atoms with Gasteiger partial charge in [-0.05, 0) is 113 Å². The summed E-state index contributed by atoms with van der Waals surface area (Å²) in [6, 6.07) is 77.9. The van der Waals surface area contributed by atoms with Gasteiger partial charge in [-0.15, -0.1) is 0 Å². The summed E-state index contributed by atoms with van der Waals surface area (Å²) in [5.74, 6) is 0.652. The van der Waals surface area contributed by atoms with E-state index in [0.717, 1.165) is 33.5 Å². The first-order chi connectivity index (χ1) is 30.8. The lowest BCUT2D eigenvalue weighted by Crippen LogP contribution is -2.25. The molecule has 286 valence electrons. The monoisotopic (exact) mass is 785 g/mol. The first kappa shape index (κ1) is 33.7. The molecule has 2 aliphatic carbocycles. The summed E-state index contributed by atoms with van der Waals surface area (Å²) >= 11 is 0. The number of nitrogens with zero attached hydrogens (tertiary/aromatic N) is 3. The highest BCUT2D eigenvalue weighted by molar-refractivity contribution is 6.26. The van der Waals surface area contributed by atoms with E-state index >= 15 is 0 Å². The van der Waals surface area contributed by atoms with Gasteiger partial charge in [-0.3, -0.25) is 4.57 Å². The molecule has 0 N–H and O–H groups in total. The summed E-state index contributed by atoms with van der Waals surface area (Å²) in [6.45, 7) is 0. The van der Waals surface area contributed by atoms with E-state index in [1.165, 1.54) is 87.6 Å². The van der Waals surface area contributed by atoms with Crippen molar-refractivity contribution in [3.05, 3.63) is 235 Å². The fourth-order valence-corrected chi connectivity index (χ4v) is 11.3. The Labute approximate surface area is 357 Å². The van der Waals surface area contributed by atoms with E-state index in [4.69, 9.17) is 9.97 Å². The molecular formula is C59H35N3. The van der Waals surface area contributed by atoms with Crippen LogP contribution in [0.5, 0.6) is 0 Å². The lowest BCUT2D eigenvalue weighted by molar-refractivity contribution is 0.795. The number of para-hydroxylation sites is 2. The molecule has 2 aliphatic rings. The second-order valence-corrected chi connectivity index (χ2v) is 16.8. The molecule has 0 atom stereocenters. The van der Waals surface area contributed by atoms with Crippen molar-refractivity contribution in [1.82, 2.24) is 14.5 Å². The number of rotatable bonds is 3. The van der Waals surface area contributed by atoms with Gasteiger partial charge in [0.1, 0.15) is 0 Å². The van der Waals surface area contributed by atoms with Crippen molar-refractivity contribution >= 4 is 54.1 Å². The molecule has 0 aliphatic heterocycles. The van der Waals surface area contributed by atoms with E-state index in [-0.39, 0.29) is 0 Å². The SMILES string of the molecule is c1ccc(-c2cc(-c3ccc4c(c3)-c3cc5c6ccccc6c6ccccc6c5cc3C43c4ccccc4-c4ccccc43)nc(-n3c4ccccc4c4ccccc43)n2)cc1. The van der Waals surface area contributed by atoms with E-state index < -0.39 is 5.41 Å². The molecule has 3 nitrogen and oxygen atoms in total. The van der Waals surface area contributed by atoms with E-state index in [2.05, 4.69) is 217 Å². The molecule has 10 aromatic carbocycles. The third-order valence-electron chi connectivity index (χ3n) is 13.8. The maximum Gasteiger partial charge on any atom is 0.235 e. The zero-order valence-electron chi connectivity index (χ0n) is 33.5. The van der Waals surface area contributed by atoms with E-state index in [0.29, 0.717) is 5.95 Å². The first-order valence-electron chi connectivity index (χ1n) is 21.4. The molecule has 0 saturated heterocycles. The van der Waals surface area contributed by atoms with E-state index in [9.17, 15) is 0 Å². The highest BCUT2D eigenvalue weighted by atomic mass is 15.2. The third-order valence-corrected chi connectivity index (χ3v) is 13.8. The van der Waals surface area contributed by atoms with Crippen molar-refractivity contribution in [3.8, 4) is 50.7 Å². The van der Waals surface area contributed by atoms with Crippen molar-refractivity contribution in [2.45, 2.75) is 5.41 Å². The summed E-state index contributed by atoms with van der Waals surface area (Å²) in [6.07, 6.45) is 0. The molecule has 0 unspecified atom stereocenters. The molecule has 0 fully saturated rings. The van der Waals surface area contributed by atoms with Gasteiger partial charge >= 0.3 is 0 Å². The van der Waals surface area contributed by atoms with Gasteiger partial charge in [-0.1, -0.05) is 176 Å². The molecule has 0 amide bonds. The molecule has 1 spiro atoms. The topological polar surface area (TPSA) is 30.7 Å². The zero-order valence-corrected chi connectivity index (χ0v) is 33.5. The second kappa shape index (κ2) is 12.4. The van der Waals surface area contributed by atoms with Crippen LogP contribution in [0.15, 0.2) is 212 Å². The van der Waals surface area contributed by atoms with Crippen molar-refractivity contribution in [2.24, 2.45) is 0 Å². The minimum atomic E-state index is -0.494. The van der Waals surface area contributed by atoms with Crippen LogP contribution in [0.2, 0.25) is 0 Å². The number of hydrogen-bond acceptors (Lipinski definition) is 2. The van der Waals surface area contributed by atoms with Crippen molar-refractivity contribution in [1.29, 1.82) is 0 Å². The van der Waals surface area contributed by atoms with Gasteiger partial charge in [-0.25, -0.2) is 9.97 Å². The van der Waals surface area contributed by atoms with Gasteiger partial charge in [0.25, 0.3) is 0 Å². The van der Waals surface area contributed by atoms with Crippen LogP contribution in [0.25, 0.3) is 105 Å². The number of hydrogen-bond donors (Lipinski definition) is 0. The standard InChI is InChI=1S/C59H35N3/c1-2-16-36(17-3-1)54-35-55(61-58(60-54)62-56-28-14-10-24-44(56)45-25-11-15-29-57(45)62)37-30-31-52-48(32-37)49-33-46-40-20-6-4-18-38(40)39-19-5-7-21-41(39)47(46)34-53(49)59(52)50-26-12-8-22-42(50)43-23-9-13-27-51(43)59/h1-35H. The minimum Gasteiger partial charge on any atom is -0.278 e. The van der Waals surface area contributed by atoms with Crippen LogP contribution in [-0.2, 0) is 5.41 Å². The van der Waals surface area contributed by atoms with Gasteiger partial charge in [-0.2, -0.15) is 0 Å². The number of fused-ring (bicyclic) bond motifs is 19. The number of benzene rings is 10. The fourth-order valence-electron chi connectivity index (χ4n) is 11.3. The maximum absolute atomic E-state index is 5.49. The van der Waals surface area contributed by atoms with Gasteiger partial charge in [0.2, 0.25) is 5.95 Å².